The molecule has 10 heteroatoms. The van der Waals surface area contributed by atoms with Crippen molar-refractivity contribution in [2.75, 3.05) is 63.5 Å². The number of hydrogen-bond acceptors (Lipinski definition) is 9. The Hall–Kier alpha value is -5.09. The number of morpholine rings is 1. The number of hydrogen-bond donors (Lipinski definition) is 1. The molecule has 48 heavy (non-hydrogen) atoms. The molecule has 250 valence electrons. The quantitative estimate of drug-likeness (QED) is 0.181. The lowest BCUT2D eigenvalue weighted by Crippen LogP contribution is -2.36. The van der Waals surface area contributed by atoms with Crippen molar-refractivity contribution in [3.63, 3.8) is 0 Å². The van der Waals surface area contributed by atoms with E-state index in [1.807, 2.05) is 68.4 Å². The predicted molar refractivity (Wildman–Crippen MR) is 186 cm³/mol. The Bertz CT molecular complexity index is 1810. The second-order valence-electron chi connectivity index (χ2n) is 11.5. The van der Waals surface area contributed by atoms with Gasteiger partial charge in [0.15, 0.2) is 6.61 Å². The van der Waals surface area contributed by atoms with Crippen molar-refractivity contribution in [1.82, 2.24) is 4.98 Å². The van der Waals surface area contributed by atoms with E-state index >= 15 is 0 Å². The number of allylic oxidation sites excluding steroid dienone is 1. The van der Waals surface area contributed by atoms with Gasteiger partial charge in [-0.15, -0.1) is 0 Å². The van der Waals surface area contributed by atoms with Crippen molar-refractivity contribution < 1.29 is 33.3 Å². The van der Waals surface area contributed by atoms with Gasteiger partial charge in [0.2, 0.25) is 0 Å². The highest BCUT2D eigenvalue weighted by Gasteiger charge is 2.27. The van der Waals surface area contributed by atoms with Gasteiger partial charge < -0.3 is 33.9 Å². The van der Waals surface area contributed by atoms with E-state index in [2.05, 4.69) is 16.3 Å². The molecule has 2 heterocycles. The normalized spacial score (nSPS) is 15.1. The number of aromatic nitrogens is 1. The highest BCUT2D eigenvalue weighted by atomic mass is 16.5. The summed E-state index contributed by atoms with van der Waals surface area (Å²) in [5.74, 6) is 0.871. The van der Waals surface area contributed by atoms with Crippen LogP contribution in [0.1, 0.15) is 53.9 Å². The van der Waals surface area contributed by atoms with Gasteiger partial charge in [-0.25, -0.2) is 9.78 Å². The van der Waals surface area contributed by atoms with Crippen LogP contribution in [0.5, 0.6) is 17.2 Å². The Kier molecular flexibility index (Phi) is 10.4. The van der Waals surface area contributed by atoms with Gasteiger partial charge in [-0.1, -0.05) is 30.3 Å². The molecule has 6 rings (SSSR count). The summed E-state index contributed by atoms with van der Waals surface area (Å²) in [5.41, 5.74) is 6.16. The monoisotopic (exact) mass is 651 g/mol. The molecule has 1 amide bonds. The fraction of sp³-hybridized carbons (Fsp3) is 0.342. The highest BCUT2D eigenvalue weighted by molar-refractivity contribution is 6.07. The van der Waals surface area contributed by atoms with Crippen LogP contribution in [-0.2, 0) is 20.7 Å². The molecular formula is C38H41N3O7. The minimum atomic E-state index is -0.562. The third-order valence-corrected chi connectivity index (χ3v) is 8.45. The Morgan fingerprint density at radius 1 is 0.958 bits per heavy atom. The summed E-state index contributed by atoms with van der Waals surface area (Å²) in [5, 5.41) is 3.58. The molecule has 3 aromatic carbocycles. The number of pyridine rings is 1. The average Bonchev–Trinajstić information content (AvgIpc) is 3.11. The maximum absolute atomic E-state index is 13.8. The number of esters is 1. The van der Waals surface area contributed by atoms with E-state index in [-0.39, 0.29) is 0 Å². The van der Waals surface area contributed by atoms with Crippen LogP contribution in [0.2, 0.25) is 0 Å². The Morgan fingerprint density at radius 3 is 2.46 bits per heavy atom. The van der Waals surface area contributed by atoms with Crippen LogP contribution in [0.25, 0.3) is 22.6 Å². The van der Waals surface area contributed by atoms with Crippen LogP contribution in [-0.4, -0.2) is 70.1 Å². The van der Waals surface area contributed by atoms with Crippen molar-refractivity contribution in [3.8, 4) is 17.2 Å². The molecule has 1 fully saturated rings. The number of nitrogens with one attached hydrogen (secondary N) is 1. The van der Waals surface area contributed by atoms with Crippen LogP contribution >= 0.6 is 0 Å². The number of nitrogens with zero attached hydrogens (tertiary/aromatic N) is 2. The summed E-state index contributed by atoms with van der Waals surface area (Å²) >= 11 is 0. The van der Waals surface area contributed by atoms with Crippen molar-refractivity contribution in [1.29, 1.82) is 0 Å². The zero-order chi connectivity index (χ0) is 33.5. The van der Waals surface area contributed by atoms with E-state index in [0.717, 1.165) is 59.8 Å². The SMILES string of the molecule is CCOc1cc(N2CCOCC2)c(OCC)cc1NC(=O)COC(=O)c1c2c(nc3ccccc13)/C(=C/c1ccc(OC)cc1)CCC2. The predicted octanol–water partition coefficient (Wildman–Crippen LogP) is 6.55. The number of benzene rings is 3. The average molecular weight is 652 g/mol. The van der Waals surface area contributed by atoms with Crippen molar-refractivity contribution >= 4 is 45.8 Å². The summed E-state index contributed by atoms with van der Waals surface area (Å²) in [6, 6.07) is 19.0. The van der Waals surface area contributed by atoms with Gasteiger partial charge in [-0.3, -0.25) is 4.79 Å². The van der Waals surface area contributed by atoms with Gasteiger partial charge in [0.25, 0.3) is 5.91 Å². The number of amides is 1. The number of ether oxygens (including phenoxy) is 5. The summed E-state index contributed by atoms with van der Waals surface area (Å²) in [4.78, 5) is 34.3. The smallest absolute Gasteiger partial charge is 0.339 e. The van der Waals surface area contributed by atoms with Gasteiger partial charge in [0.1, 0.15) is 17.2 Å². The number of methoxy groups -OCH3 is 1. The molecule has 0 saturated carbocycles. The minimum absolute atomic E-state index is 0.406. The zero-order valence-electron chi connectivity index (χ0n) is 27.7. The minimum Gasteiger partial charge on any atom is -0.497 e. The summed E-state index contributed by atoms with van der Waals surface area (Å²) in [7, 11) is 1.64. The Morgan fingerprint density at radius 2 is 1.71 bits per heavy atom. The zero-order valence-corrected chi connectivity index (χ0v) is 27.7. The highest BCUT2D eigenvalue weighted by Crippen LogP contribution is 2.40. The third kappa shape index (κ3) is 7.23. The fourth-order valence-electron chi connectivity index (χ4n) is 6.24. The molecule has 2 aliphatic rings. The van der Waals surface area contributed by atoms with Crippen molar-refractivity contribution in [3.05, 3.63) is 83.0 Å². The lowest BCUT2D eigenvalue weighted by Gasteiger charge is -2.31. The van der Waals surface area contributed by atoms with Gasteiger partial charge in [0.05, 0.1) is 61.7 Å². The lowest BCUT2D eigenvalue weighted by atomic mass is 9.86. The van der Waals surface area contributed by atoms with Crippen LogP contribution < -0.4 is 24.4 Å². The van der Waals surface area contributed by atoms with Crippen LogP contribution in [0, 0.1) is 0 Å². The molecule has 0 atom stereocenters. The van der Waals surface area contributed by atoms with Crippen LogP contribution in [0.4, 0.5) is 11.4 Å². The first-order valence-electron chi connectivity index (χ1n) is 16.5. The Balaban J connectivity index is 1.25. The number of anilines is 2. The molecule has 0 bridgehead atoms. The van der Waals surface area contributed by atoms with Crippen molar-refractivity contribution in [2.24, 2.45) is 0 Å². The van der Waals surface area contributed by atoms with Gasteiger partial charge in [-0.2, -0.15) is 0 Å². The molecule has 0 spiro atoms. The van der Waals surface area contributed by atoms with Crippen LogP contribution in [0.3, 0.4) is 0 Å². The summed E-state index contributed by atoms with van der Waals surface area (Å²) < 4.78 is 28.4. The van der Waals surface area contributed by atoms with Gasteiger partial charge >= 0.3 is 5.97 Å². The fourth-order valence-corrected chi connectivity index (χ4v) is 6.24. The summed E-state index contributed by atoms with van der Waals surface area (Å²) in [6.45, 7) is 6.87. The number of rotatable bonds is 11. The number of para-hydroxylation sites is 1. The molecule has 1 saturated heterocycles. The number of carbonyl (C=O) groups excluding carboxylic acids is 2. The second kappa shape index (κ2) is 15.2. The van der Waals surface area contributed by atoms with E-state index in [4.69, 9.17) is 28.7 Å². The van der Waals surface area contributed by atoms with E-state index in [1.54, 1.807) is 13.2 Å². The molecule has 1 aliphatic heterocycles. The maximum Gasteiger partial charge on any atom is 0.339 e. The third-order valence-electron chi connectivity index (χ3n) is 8.45. The lowest BCUT2D eigenvalue weighted by molar-refractivity contribution is -0.119. The topological polar surface area (TPSA) is 108 Å². The Labute approximate surface area is 280 Å². The standard InChI is InChI=1S/C38H41N3O7/c1-4-46-33-23-32(41-17-19-45-20-18-41)34(47-5-2)22-31(33)39-35(42)24-48-38(43)36-28-10-6-7-12-30(28)40-37-26(9-8-11-29(36)37)21-25-13-15-27(44-3)16-14-25/h6-7,10,12-16,21-23H,4-5,8-9,11,17-20,24H2,1-3H3,(H,39,42)/b26-21+. The van der Waals surface area contributed by atoms with E-state index < -0.39 is 18.5 Å². The molecule has 4 aromatic rings. The van der Waals surface area contributed by atoms with E-state index in [9.17, 15) is 9.59 Å². The molecule has 10 nitrogen and oxygen atoms in total. The first-order valence-corrected chi connectivity index (χ1v) is 16.5. The van der Waals surface area contributed by atoms with Gasteiger partial charge in [-0.05, 0) is 74.1 Å². The molecule has 0 radical (unpaired) electrons. The van der Waals surface area contributed by atoms with Gasteiger partial charge in [0, 0.05) is 30.6 Å². The first kappa shape index (κ1) is 32.8. The first-order chi connectivity index (χ1) is 23.5. The second-order valence-corrected chi connectivity index (χ2v) is 11.5. The molecule has 1 aliphatic carbocycles. The summed E-state index contributed by atoms with van der Waals surface area (Å²) in [6.07, 6.45) is 4.48. The maximum atomic E-state index is 13.8. The molecule has 0 unspecified atom stereocenters. The van der Waals surface area contributed by atoms with E-state index in [0.29, 0.717) is 66.5 Å². The van der Waals surface area contributed by atoms with Crippen LogP contribution in [0.15, 0.2) is 60.7 Å². The van der Waals surface area contributed by atoms with Crippen molar-refractivity contribution in [2.45, 2.75) is 33.1 Å². The molecule has 1 aromatic heterocycles. The number of fused-ring (bicyclic) bond motifs is 2. The number of carbonyl (C=O) groups is 2. The molecular weight excluding hydrogens is 610 g/mol. The molecule has 1 N–H and O–H groups in total. The largest absolute Gasteiger partial charge is 0.497 e. The van der Waals surface area contributed by atoms with E-state index in [1.165, 1.54) is 0 Å².